The van der Waals surface area contributed by atoms with Crippen LogP contribution in [0.1, 0.15) is 12.8 Å². The molecule has 0 atom stereocenters. The normalized spacial score (nSPS) is 9.00. The molecule has 0 aromatic rings. The maximum atomic E-state index is 10.1. The third-order valence-corrected chi connectivity index (χ3v) is 0.869. The zero-order valence-electron chi connectivity index (χ0n) is 5.58. The Morgan fingerprint density at radius 3 is 2.70 bits per heavy atom. The molecular formula is C5H11NO4. The number of rotatable bonds is 4. The first kappa shape index (κ1) is 9.19. The average molecular weight is 149 g/mol. The third-order valence-electron chi connectivity index (χ3n) is 0.869. The minimum absolute atomic E-state index is 0.0982. The number of hydrogen-bond donors (Lipinski definition) is 2. The van der Waals surface area contributed by atoms with Crippen LogP contribution in [0.25, 0.3) is 0 Å². The van der Waals surface area contributed by atoms with E-state index in [1.165, 1.54) is 0 Å². The molecule has 0 radical (unpaired) electrons. The Balaban J connectivity index is 2.96. The number of nitrogens with two attached hydrogens (primary N) is 1. The van der Waals surface area contributed by atoms with Gasteiger partial charge in [0.2, 0.25) is 0 Å². The van der Waals surface area contributed by atoms with Crippen molar-refractivity contribution in [3.63, 3.8) is 0 Å². The van der Waals surface area contributed by atoms with Gasteiger partial charge in [0, 0.05) is 6.61 Å². The number of unbranched alkanes of at least 4 members (excludes halogenated alkanes) is 1. The monoisotopic (exact) mass is 149 g/mol. The Kier molecular flexibility index (Phi) is 5.80. The lowest BCUT2D eigenvalue weighted by Crippen LogP contribution is -2.12. The van der Waals surface area contributed by atoms with Crippen molar-refractivity contribution in [3.05, 3.63) is 0 Å². The molecule has 3 N–H and O–H groups in total. The molecule has 10 heavy (non-hydrogen) atoms. The van der Waals surface area contributed by atoms with Crippen LogP contribution in [0.4, 0.5) is 4.79 Å². The van der Waals surface area contributed by atoms with E-state index < -0.39 is 6.16 Å². The van der Waals surface area contributed by atoms with Crippen molar-refractivity contribution in [3.8, 4) is 0 Å². The molecule has 0 aliphatic heterocycles. The van der Waals surface area contributed by atoms with Crippen molar-refractivity contribution in [1.29, 1.82) is 0 Å². The summed E-state index contributed by atoms with van der Waals surface area (Å²) in [6.07, 6.45) is 0.335. The van der Waals surface area contributed by atoms with E-state index in [4.69, 9.17) is 5.11 Å². The summed E-state index contributed by atoms with van der Waals surface area (Å²) in [5.41, 5.74) is 0. The van der Waals surface area contributed by atoms with Crippen molar-refractivity contribution < 1.29 is 19.5 Å². The molecule has 0 fully saturated rings. The van der Waals surface area contributed by atoms with Gasteiger partial charge in [0.25, 0.3) is 0 Å². The van der Waals surface area contributed by atoms with Crippen LogP contribution in [0.2, 0.25) is 0 Å². The highest BCUT2D eigenvalue weighted by atomic mass is 16.8. The number of ether oxygens (including phenoxy) is 1. The number of aliphatic hydroxyl groups excluding tert-OH is 1. The summed E-state index contributed by atoms with van der Waals surface area (Å²) in [7, 11) is 0. The average Bonchev–Trinajstić information content (AvgIpc) is 1.98. The van der Waals surface area contributed by atoms with Crippen LogP contribution >= 0.6 is 0 Å². The van der Waals surface area contributed by atoms with Gasteiger partial charge in [-0.2, -0.15) is 5.90 Å². The molecule has 0 aromatic heterocycles. The Hall–Kier alpha value is -0.810. The van der Waals surface area contributed by atoms with Crippen LogP contribution in [0, 0.1) is 0 Å². The molecule has 0 amide bonds. The lowest BCUT2D eigenvalue weighted by atomic mass is 10.3. The number of hydrogen-bond acceptors (Lipinski definition) is 5. The standard InChI is InChI=1S/C5H11NO4/c6-10-5(8)9-4-2-1-3-7/h7H,1-4,6H2. The van der Waals surface area contributed by atoms with Gasteiger partial charge in [0.05, 0.1) is 6.61 Å². The van der Waals surface area contributed by atoms with Gasteiger partial charge in [0.15, 0.2) is 0 Å². The Morgan fingerprint density at radius 1 is 1.50 bits per heavy atom. The molecule has 5 heteroatoms. The van der Waals surface area contributed by atoms with Gasteiger partial charge in [-0.15, -0.1) is 0 Å². The van der Waals surface area contributed by atoms with Gasteiger partial charge in [-0.25, -0.2) is 4.79 Å². The Morgan fingerprint density at radius 2 is 2.20 bits per heavy atom. The van der Waals surface area contributed by atoms with Crippen LogP contribution in [0.15, 0.2) is 0 Å². The molecule has 0 aliphatic carbocycles. The molecule has 0 aromatic carbocycles. The Labute approximate surface area is 58.7 Å². The van der Waals surface area contributed by atoms with Crippen LogP contribution in [-0.2, 0) is 9.57 Å². The van der Waals surface area contributed by atoms with Crippen molar-refractivity contribution in [2.24, 2.45) is 5.90 Å². The van der Waals surface area contributed by atoms with Crippen molar-refractivity contribution in [2.75, 3.05) is 13.2 Å². The van der Waals surface area contributed by atoms with Gasteiger partial charge >= 0.3 is 6.16 Å². The minimum atomic E-state index is -0.891. The zero-order valence-corrected chi connectivity index (χ0v) is 5.58. The maximum absolute atomic E-state index is 10.1. The molecule has 0 saturated heterocycles. The number of carbonyl (C=O) groups is 1. The maximum Gasteiger partial charge on any atom is 0.527 e. The fraction of sp³-hybridized carbons (Fsp3) is 0.800. The highest BCUT2D eigenvalue weighted by molar-refractivity contribution is 5.59. The third kappa shape index (κ3) is 5.33. The summed E-state index contributed by atoms with van der Waals surface area (Å²) in [5, 5.41) is 8.29. The van der Waals surface area contributed by atoms with Crippen LogP contribution in [0.5, 0.6) is 0 Å². The molecule has 5 nitrogen and oxygen atoms in total. The topological polar surface area (TPSA) is 81.8 Å². The van der Waals surface area contributed by atoms with Gasteiger partial charge in [-0.3, -0.25) is 0 Å². The lowest BCUT2D eigenvalue weighted by molar-refractivity contribution is 0.0531. The first-order chi connectivity index (χ1) is 4.81. The summed E-state index contributed by atoms with van der Waals surface area (Å²) in [6, 6.07) is 0. The molecular weight excluding hydrogens is 138 g/mol. The van der Waals surface area contributed by atoms with E-state index in [9.17, 15) is 4.79 Å². The van der Waals surface area contributed by atoms with Gasteiger partial charge in [-0.1, -0.05) is 0 Å². The molecule has 0 spiro atoms. The predicted molar refractivity (Wildman–Crippen MR) is 32.9 cm³/mol. The molecule has 60 valence electrons. The second-order valence-corrected chi connectivity index (χ2v) is 1.65. The number of aliphatic hydroxyl groups is 1. The highest BCUT2D eigenvalue weighted by Gasteiger charge is 1.98. The van der Waals surface area contributed by atoms with Gasteiger partial charge < -0.3 is 14.7 Å². The molecule has 0 rings (SSSR count). The number of carbonyl (C=O) groups excluding carboxylic acids is 1. The van der Waals surface area contributed by atoms with E-state index in [1.807, 2.05) is 0 Å². The molecule has 0 unspecified atom stereocenters. The zero-order chi connectivity index (χ0) is 7.82. The first-order valence-corrected chi connectivity index (χ1v) is 2.95. The summed E-state index contributed by atoms with van der Waals surface area (Å²) in [6.45, 7) is 0.331. The summed E-state index contributed by atoms with van der Waals surface area (Å²) < 4.78 is 4.40. The van der Waals surface area contributed by atoms with E-state index in [-0.39, 0.29) is 13.2 Å². The molecule has 0 bridgehead atoms. The van der Waals surface area contributed by atoms with Crippen LogP contribution in [-0.4, -0.2) is 24.5 Å². The second kappa shape index (κ2) is 6.31. The quantitative estimate of drug-likeness (QED) is 0.328. The lowest BCUT2D eigenvalue weighted by Gasteiger charge is -1.99. The molecule has 0 saturated carbocycles. The summed E-state index contributed by atoms with van der Waals surface area (Å²) >= 11 is 0. The SMILES string of the molecule is NOC(=O)OCCCCO. The molecule has 0 aliphatic rings. The highest BCUT2D eigenvalue weighted by Crippen LogP contribution is 1.89. The van der Waals surface area contributed by atoms with E-state index in [0.29, 0.717) is 12.8 Å². The smallest absolute Gasteiger partial charge is 0.433 e. The minimum Gasteiger partial charge on any atom is -0.433 e. The van der Waals surface area contributed by atoms with Crippen molar-refractivity contribution in [2.45, 2.75) is 12.8 Å². The fourth-order valence-corrected chi connectivity index (χ4v) is 0.403. The predicted octanol–water partition coefficient (Wildman–Crippen LogP) is -0.214. The van der Waals surface area contributed by atoms with E-state index in [1.54, 1.807) is 0 Å². The molecule has 0 heterocycles. The summed E-state index contributed by atoms with van der Waals surface area (Å²) in [4.78, 5) is 13.8. The van der Waals surface area contributed by atoms with Crippen LogP contribution in [0.3, 0.4) is 0 Å². The Bertz CT molecular complexity index is 95.6. The van der Waals surface area contributed by atoms with Crippen molar-refractivity contribution in [1.82, 2.24) is 0 Å². The summed E-state index contributed by atoms with van der Waals surface area (Å²) in [5.74, 6) is 4.46. The van der Waals surface area contributed by atoms with E-state index >= 15 is 0 Å². The van der Waals surface area contributed by atoms with Gasteiger partial charge in [-0.05, 0) is 12.8 Å². The van der Waals surface area contributed by atoms with Gasteiger partial charge in [0.1, 0.15) is 0 Å². The van der Waals surface area contributed by atoms with E-state index in [2.05, 4.69) is 15.5 Å². The largest absolute Gasteiger partial charge is 0.527 e. The fourth-order valence-electron chi connectivity index (χ4n) is 0.403. The van der Waals surface area contributed by atoms with Crippen LogP contribution < -0.4 is 5.90 Å². The second-order valence-electron chi connectivity index (χ2n) is 1.65. The van der Waals surface area contributed by atoms with Crippen molar-refractivity contribution >= 4 is 6.16 Å². The first-order valence-electron chi connectivity index (χ1n) is 2.95. The van der Waals surface area contributed by atoms with E-state index in [0.717, 1.165) is 0 Å².